The Hall–Kier alpha value is -1.93. The Kier molecular flexibility index (Phi) is 2.98. The van der Waals surface area contributed by atoms with Crippen LogP contribution >= 0.6 is 0 Å². The van der Waals surface area contributed by atoms with Gasteiger partial charge < -0.3 is 5.32 Å². The quantitative estimate of drug-likeness (QED) is 0.675. The molecule has 0 saturated heterocycles. The molecule has 7 nitrogen and oxygen atoms in total. The van der Waals surface area contributed by atoms with Crippen LogP contribution in [0.2, 0.25) is 0 Å². The summed E-state index contributed by atoms with van der Waals surface area (Å²) in [4.78, 5) is 24.7. The third kappa shape index (κ3) is 2.52. The summed E-state index contributed by atoms with van der Waals surface area (Å²) < 4.78 is 24.1. The Balaban J connectivity index is 1.75. The molecule has 1 aromatic carbocycles. The van der Waals surface area contributed by atoms with Gasteiger partial charge in [-0.25, -0.2) is 8.42 Å². The van der Waals surface area contributed by atoms with Crippen LogP contribution in [0.25, 0.3) is 0 Å². The van der Waals surface area contributed by atoms with E-state index < -0.39 is 10.0 Å². The van der Waals surface area contributed by atoms with Crippen molar-refractivity contribution in [1.29, 1.82) is 0 Å². The molecule has 0 bridgehead atoms. The lowest BCUT2D eigenvalue weighted by Crippen LogP contribution is -2.42. The second kappa shape index (κ2) is 4.57. The first kappa shape index (κ1) is 13.1. The zero-order valence-corrected chi connectivity index (χ0v) is 11.3. The number of benzene rings is 1. The molecule has 1 fully saturated rings. The van der Waals surface area contributed by atoms with Gasteiger partial charge in [-0.05, 0) is 36.6 Å². The predicted octanol–water partition coefficient (Wildman–Crippen LogP) is -0.0993. The van der Waals surface area contributed by atoms with E-state index in [1.165, 1.54) is 18.2 Å². The van der Waals surface area contributed by atoms with Crippen LogP contribution in [0.4, 0.5) is 5.69 Å². The lowest BCUT2D eigenvalue weighted by Gasteiger charge is -2.09. The van der Waals surface area contributed by atoms with Crippen LogP contribution in [0.15, 0.2) is 23.1 Å². The minimum atomic E-state index is -3.82. The molecule has 0 spiro atoms. The van der Waals surface area contributed by atoms with E-state index in [0.29, 0.717) is 11.3 Å². The van der Waals surface area contributed by atoms with Crippen molar-refractivity contribution in [2.75, 3.05) is 5.32 Å². The molecule has 0 atom stereocenters. The van der Waals surface area contributed by atoms with E-state index in [1.807, 2.05) is 0 Å². The van der Waals surface area contributed by atoms with Crippen molar-refractivity contribution < 1.29 is 18.0 Å². The average Bonchev–Trinajstić information content (AvgIpc) is 3.17. The standard InChI is InChI=1S/C12H13N3O4S/c16-11-6-8-5-9(3-4-10(8)13-11)20(18,19)15-14-12(17)7-1-2-7/h3-5,7,15H,1-2,6H2,(H,13,16)(H,14,17). The molecule has 1 saturated carbocycles. The number of fused-ring (bicyclic) bond motifs is 1. The molecular weight excluding hydrogens is 282 g/mol. The number of carbonyl (C=O) groups excluding carboxylic acids is 2. The number of hydrazine groups is 1. The van der Waals surface area contributed by atoms with Gasteiger partial charge in [0.15, 0.2) is 0 Å². The van der Waals surface area contributed by atoms with Crippen molar-refractivity contribution in [1.82, 2.24) is 10.3 Å². The molecule has 3 N–H and O–H groups in total. The van der Waals surface area contributed by atoms with E-state index in [0.717, 1.165) is 12.8 Å². The highest BCUT2D eigenvalue weighted by atomic mass is 32.2. The molecule has 3 rings (SSSR count). The maximum Gasteiger partial charge on any atom is 0.257 e. The SMILES string of the molecule is O=C1Cc2cc(S(=O)(=O)NNC(=O)C3CC3)ccc2N1. The first-order valence-electron chi connectivity index (χ1n) is 6.20. The molecule has 0 unspecified atom stereocenters. The maximum absolute atomic E-state index is 12.0. The fourth-order valence-electron chi connectivity index (χ4n) is 2.00. The molecule has 0 aromatic heterocycles. The monoisotopic (exact) mass is 295 g/mol. The lowest BCUT2D eigenvalue weighted by atomic mass is 10.2. The van der Waals surface area contributed by atoms with Gasteiger partial charge in [0.25, 0.3) is 10.0 Å². The summed E-state index contributed by atoms with van der Waals surface area (Å²) >= 11 is 0. The number of hydrogen-bond acceptors (Lipinski definition) is 4. The van der Waals surface area contributed by atoms with Crippen molar-refractivity contribution in [3.8, 4) is 0 Å². The normalized spacial score (nSPS) is 17.5. The summed E-state index contributed by atoms with van der Waals surface area (Å²) in [5.74, 6) is -0.560. The highest BCUT2D eigenvalue weighted by Crippen LogP contribution is 2.28. The van der Waals surface area contributed by atoms with Gasteiger partial charge in [-0.2, -0.15) is 0 Å². The summed E-state index contributed by atoms with van der Waals surface area (Å²) in [5.41, 5.74) is 3.45. The maximum atomic E-state index is 12.0. The smallest absolute Gasteiger partial charge is 0.257 e. The van der Waals surface area contributed by atoms with Gasteiger partial charge in [0.2, 0.25) is 11.8 Å². The predicted molar refractivity (Wildman–Crippen MR) is 70.0 cm³/mol. The number of carbonyl (C=O) groups is 2. The summed E-state index contributed by atoms with van der Waals surface area (Å²) in [6.45, 7) is 0. The molecule has 1 heterocycles. The van der Waals surface area contributed by atoms with E-state index in [1.54, 1.807) is 0 Å². The van der Waals surface area contributed by atoms with Crippen LogP contribution in [-0.4, -0.2) is 20.2 Å². The Bertz CT molecular complexity index is 695. The molecule has 20 heavy (non-hydrogen) atoms. The van der Waals surface area contributed by atoms with Crippen LogP contribution in [0.5, 0.6) is 0 Å². The Morgan fingerprint density at radius 3 is 2.75 bits per heavy atom. The molecule has 0 radical (unpaired) electrons. The zero-order chi connectivity index (χ0) is 14.3. The van der Waals surface area contributed by atoms with Crippen LogP contribution in [-0.2, 0) is 26.0 Å². The van der Waals surface area contributed by atoms with Crippen molar-refractivity contribution >= 4 is 27.5 Å². The lowest BCUT2D eigenvalue weighted by molar-refractivity contribution is -0.122. The van der Waals surface area contributed by atoms with Crippen LogP contribution in [0.1, 0.15) is 18.4 Å². The van der Waals surface area contributed by atoms with Gasteiger partial charge in [0.1, 0.15) is 0 Å². The number of rotatable bonds is 4. The number of amides is 2. The number of anilines is 1. The van der Waals surface area contributed by atoms with Gasteiger partial charge in [-0.1, -0.05) is 0 Å². The number of sulfonamides is 1. The van der Waals surface area contributed by atoms with Gasteiger partial charge in [0, 0.05) is 11.6 Å². The first-order valence-corrected chi connectivity index (χ1v) is 7.68. The third-order valence-electron chi connectivity index (χ3n) is 3.27. The number of nitrogens with one attached hydrogen (secondary N) is 3. The third-order valence-corrected chi connectivity index (χ3v) is 4.51. The Morgan fingerprint density at radius 1 is 1.30 bits per heavy atom. The van der Waals surface area contributed by atoms with Gasteiger partial charge in [0.05, 0.1) is 11.3 Å². The van der Waals surface area contributed by atoms with E-state index in [2.05, 4.69) is 15.6 Å². The van der Waals surface area contributed by atoms with E-state index in [-0.39, 0.29) is 29.0 Å². The van der Waals surface area contributed by atoms with E-state index >= 15 is 0 Å². The Morgan fingerprint density at radius 2 is 2.05 bits per heavy atom. The topological polar surface area (TPSA) is 104 Å². The van der Waals surface area contributed by atoms with Crippen LogP contribution < -0.4 is 15.6 Å². The largest absolute Gasteiger partial charge is 0.326 e. The van der Waals surface area contributed by atoms with Gasteiger partial charge in [-0.15, -0.1) is 4.83 Å². The first-order chi connectivity index (χ1) is 9.45. The fraction of sp³-hybridized carbons (Fsp3) is 0.333. The summed E-state index contributed by atoms with van der Waals surface area (Å²) in [6.07, 6.45) is 1.74. The number of hydrogen-bond donors (Lipinski definition) is 3. The highest BCUT2D eigenvalue weighted by Gasteiger charge is 2.30. The molecule has 2 amide bonds. The average molecular weight is 295 g/mol. The molecule has 1 aromatic rings. The molecule has 8 heteroatoms. The van der Waals surface area contributed by atoms with Crippen molar-refractivity contribution in [2.24, 2.45) is 5.92 Å². The van der Waals surface area contributed by atoms with Crippen LogP contribution in [0, 0.1) is 5.92 Å². The van der Waals surface area contributed by atoms with Crippen molar-refractivity contribution in [2.45, 2.75) is 24.2 Å². The van der Waals surface area contributed by atoms with Crippen LogP contribution in [0.3, 0.4) is 0 Å². The molecule has 106 valence electrons. The summed E-state index contributed by atoms with van der Waals surface area (Å²) in [7, 11) is -3.82. The van der Waals surface area contributed by atoms with Crippen molar-refractivity contribution in [3.63, 3.8) is 0 Å². The van der Waals surface area contributed by atoms with Gasteiger partial charge in [-0.3, -0.25) is 15.0 Å². The van der Waals surface area contributed by atoms with E-state index in [4.69, 9.17) is 0 Å². The zero-order valence-electron chi connectivity index (χ0n) is 10.5. The van der Waals surface area contributed by atoms with Crippen molar-refractivity contribution in [3.05, 3.63) is 23.8 Å². The second-order valence-corrected chi connectivity index (χ2v) is 6.60. The fourth-order valence-corrected chi connectivity index (χ4v) is 2.89. The molecule has 1 aliphatic carbocycles. The molecule has 2 aliphatic rings. The minimum Gasteiger partial charge on any atom is -0.326 e. The van der Waals surface area contributed by atoms with E-state index in [9.17, 15) is 18.0 Å². The van der Waals surface area contributed by atoms with Gasteiger partial charge >= 0.3 is 0 Å². The summed E-state index contributed by atoms with van der Waals surface area (Å²) in [5, 5.41) is 2.63. The Labute approximate surface area is 115 Å². The highest BCUT2D eigenvalue weighted by molar-refractivity contribution is 7.89. The molecule has 1 aliphatic heterocycles. The minimum absolute atomic E-state index is 0.0175. The summed E-state index contributed by atoms with van der Waals surface area (Å²) in [6, 6.07) is 4.35. The molecular formula is C12H13N3O4S. The second-order valence-electron chi connectivity index (χ2n) is 4.91.